The molecule has 0 fully saturated rings. The third-order valence-corrected chi connectivity index (χ3v) is 2.34. The minimum Gasteiger partial charge on any atom is -0.478 e. The summed E-state index contributed by atoms with van der Waals surface area (Å²) in [6.07, 6.45) is 1.13. The summed E-state index contributed by atoms with van der Waals surface area (Å²) in [5, 5.41) is 31.1. The highest BCUT2D eigenvalue weighted by Crippen LogP contribution is 2.23. The molecule has 1 amide bonds. The van der Waals surface area contributed by atoms with E-state index >= 15 is 0 Å². The summed E-state index contributed by atoms with van der Waals surface area (Å²) in [6, 6.07) is 3.04. The van der Waals surface area contributed by atoms with E-state index in [-0.39, 0.29) is 22.6 Å². The van der Waals surface area contributed by atoms with Crippen LogP contribution in [0.15, 0.2) is 24.4 Å². The molecule has 3 N–H and O–H groups in total. The summed E-state index contributed by atoms with van der Waals surface area (Å²) in [6.45, 7) is 0. The molecule has 0 spiro atoms. The molecular formula is C10H7N5O5. The molecular weight excluding hydrogens is 270 g/mol. The van der Waals surface area contributed by atoms with Crippen molar-refractivity contribution >= 4 is 23.3 Å². The molecule has 1 aromatic heterocycles. The molecule has 0 aliphatic rings. The summed E-state index contributed by atoms with van der Waals surface area (Å²) < 4.78 is 0. The molecule has 2 aromatic rings. The van der Waals surface area contributed by atoms with Gasteiger partial charge in [-0.15, -0.1) is 0 Å². The Morgan fingerprint density at radius 2 is 2.15 bits per heavy atom. The van der Waals surface area contributed by atoms with Crippen molar-refractivity contribution in [3.8, 4) is 0 Å². The van der Waals surface area contributed by atoms with Crippen LogP contribution in [0.1, 0.15) is 20.8 Å². The lowest BCUT2D eigenvalue weighted by Gasteiger charge is -2.06. The van der Waals surface area contributed by atoms with Crippen LogP contribution >= 0.6 is 0 Å². The van der Waals surface area contributed by atoms with Gasteiger partial charge in [0.05, 0.1) is 22.4 Å². The number of nitrogens with zero attached hydrogens (tertiary/aromatic N) is 3. The fourth-order valence-electron chi connectivity index (χ4n) is 1.43. The molecule has 0 radical (unpaired) electrons. The molecule has 10 nitrogen and oxygen atoms in total. The summed E-state index contributed by atoms with van der Waals surface area (Å²) >= 11 is 0. The Hall–Kier alpha value is -3.30. The van der Waals surface area contributed by atoms with Crippen molar-refractivity contribution in [3.05, 3.63) is 45.8 Å². The van der Waals surface area contributed by atoms with Crippen LogP contribution in [0, 0.1) is 10.1 Å². The van der Waals surface area contributed by atoms with E-state index in [1.165, 1.54) is 0 Å². The van der Waals surface area contributed by atoms with Crippen molar-refractivity contribution in [2.45, 2.75) is 0 Å². The van der Waals surface area contributed by atoms with E-state index in [9.17, 15) is 19.7 Å². The number of carboxylic acid groups (broad SMARTS) is 1. The Morgan fingerprint density at radius 3 is 2.70 bits per heavy atom. The maximum absolute atomic E-state index is 11.7. The van der Waals surface area contributed by atoms with Crippen molar-refractivity contribution in [2.24, 2.45) is 0 Å². The number of hydrogen-bond donors (Lipinski definition) is 3. The summed E-state index contributed by atoms with van der Waals surface area (Å²) in [4.78, 5) is 32.7. The predicted octanol–water partition coefficient (Wildman–Crippen LogP) is 0.663. The number of nitrogens with one attached hydrogen (secondary N) is 2. The lowest BCUT2D eigenvalue weighted by atomic mass is 10.1. The number of nitro benzene ring substituents is 1. The maximum atomic E-state index is 11.7. The van der Waals surface area contributed by atoms with Crippen LogP contribution < -0.4 is 5.32 Å². The average Bonchev–Trinajstić information content (AvgIpc) is 2.92. The average molecular weight is 277 g/mol. The quantitative estimate of drug-likeness (QED) is 0.548. The molecule has 0 saturated carbocycles. The molecule has 1 aromatic carbocycles. The van der Waals surface area contributed by atoms with Crippen molar-refractivity contribution in [3.63, 3.8) is 0 Å². The van der Waals surface area contributed by atoms with Crippen molar-refractivity contribution < 1.29 is 19.6 Å². The number of benzene rings is 1. The molecule has 0 aliphatic heterocycles. The third kappa shape index (κ3) is 2.58. The van der Waals surface area contributed by atoms with E-state index < -0.39 is 16.8 Å². The minimum absolute atomic E-state index is 0.0761. The monoisotopic (exact) mass is 277 g/mol. The second-order valence-electron chi connectivity index (χ2n) is 3.60. The molecule has 102 valence electrons. The predicted molar refractivity (Wildman–Crippen MR) is 64.4 cm³/mol. The highest BCUT2D eigenvalue weighted by molar-refractivity contribution is 6.06. The van der Waals surface area contributed by atoms with Crippen LogP contribution in [0.2, 0.25) is 0 Å². The third-order valence-electron chi connectivity index (χ3n) is 2.34. The van der Waals surface area contributed by atoms with Gasteiger partial charge in [-0.2, -0.15) is 15.4 Å². The van der Waals surface area contributed by atoms with Crippen LogP contribution in [-0.4, -0.2) is 37.3 Å². The molecule has 0 unspecified atom stereocenters. The van der Waals surface area contributed by atoms with Gasteiger partial charge < -0.3 is 10.4 Å². The number of aromatic carboxylic acids is 1. The second-order valence-corrected chi connectivity index (χ2v) is 3.60. The topological polar surface area (TPSA) is 151 Å². The number of carbonyl (C=O) groups excluding carboxylic acids is 1. The van der Waals surface area contributed by atoms with Crippen LogP contribution in [0.4, 0.5) is 11.4 Å². The first kappa shape index (κ1) is 13.1. The highest BCUT2D eigenvalue weighted by Gasteiger charge is 2.18. The Morgan fingerprint density at radius 1 is 1.40 bits per heavy atom. The smallest absolute Gasteiger partial charge is 0.337 e. The zero-order valence-electron chi connectivity index (χ0n) is 9.73. The lowest BCUT2D eigenvalue weighted by Crippen LogP contribution is -2.15. The van der Waals surface area contributed by atoms with Crippen molar-refractivity contribution in [1.29, 1.82) is 0 Å². The molecule has 10 heteroatoms. The first-order chi connectivity index (χ1) is 9.49. The van der Waals surface area contributed by atoms with E-state index in [1.807, 2.05) is 0 Å². The minimum atomic E-state index is -1.32. The summed E-state index contributed by atoms with van der Waals surface area (Å²) in [5.74, 6) is -2.06. The van der Waals surface area contributed by atoms with Gasteiger partial charge in [-0.25, -0.2) is 4.79 Å². The number of rotatable bonds is 4. The molecule has 2 rings (SSSR count). The summed E-state index contributed by atoms with van der Waals surface area (Å²) in [5.41, 5.74) is -0.884. The van der Waals surface area contributed by atoms with Gasteiger partial charge in [-0.05, 0) is 6.07 Å². The van der Waals surface area contributed by atoms with Gasteiger partial charge in [0, 0.05) is 12.1 Å². The Labute approximate surface area is 110 Å². The standard InChI is InChI=1S/C10H7N5O5/c16-9(8-4-11-14-13-8)12-7-3-5(15(19)20)1-2-6(7)10(17)18/h1-4H,(H,12,16)(H,17,18)(H,11,13,14). The van der Waals surface area contributed by atoms with Crippen LogP contribution in [-0.2, 0) is 0 Å². The van der Waals surface area contributed by atoms with E-state index in [1.54, 1.807) is 0 Å². The zero-order chi connectivity index (χ0) is 14.7. The van der Waals surface area contributed by atoms with Gasteiger partial charge in [-0.1, -0.05) is 0 Å². The largest absolute Gasteiger partial charge is 0.478 e. The number of aromatic amines is 1. The van der Waals surface area contributed by atoms with Gasteiger partial charge >= 0.3 is 5.97 Å². The number of carboxylic acids is 1. The van der Waals surface area contributed by atoms with Crippen LogP contribution in [0.5, 0.6) is 0 Å². The molecule has 0 saturated heterocycles. The molecule has 20 heavy (non-hydrogen) atoms. The summed E-state index contributed by atoms with van der Waals surface area (Å²) in [7, 11) is 0. The van der Waals surface area contributed by atoms with Gasteiger partial charge in [-0.3, -0.25) is 14.9 Å². The Bertz CT molecular complexity index is 681. The van der Waals surface area contributed by atoms with Gasteiger partial charge in [0.2, 0.25) is 0 Å². The Kier molecular flexibility index (Phi) is 3.37. The number of hydrogen-bond acceptors (Lipinski definition) is 6. The van der Waals surface area contributed by atoms with Gasteiger partial charge in [0.25, 0.3) is 11.6 Å². The number of non-ortho nitro benzene ring substituents is 1. The first-order valence-corrected chi connectivity index (χ1v) is 5.18. The van der Waals surface area contributed by atoms with Crippen LogP contribution in [0.25, 0.3) is 0 Å². The van der Waals surface area contributed by atoms with Gasteiger partial charge in [0.1, 0.15) is 0 Å². The molecule has 0 atom stereocenters. The van der Waals surface area contributed by atoms with E-state index in [0.717, 1.165) is 24.4 Å². The first-order valence-electron chi connectivity index (χ1n) is 5.18. The number of anilines is 1. The molecule has 1 heterocycles. The fraction of sp³-hybridized carbons (Fsp3) is 0. The van der Waals surface area contributed by atoms with Gasteiger partial charge in [0.15, 0.2) is 5.69 Å². The van der Waals surface area contributed by atoms with Crippen LogP contribution in [0.3, 0.4) is 0 Å². The SMILES string of the molecule is O=C(Nc1cc([N+](=O)[O-])ccc1C(=O)O)c1cn[nH]n1. The number of aromatic nitrogens is 3. The number of nitro groups is 1. The van der Waals surface area contributed by atoms with E-state index in [4.69, 9.17) is 5.11 Å². The van der Waals surface area contributed by atoms with E-state index in [2.05, 4.69) is 20.7 Å². The zero-order valence-corrected chi connectivity index (χ0v) is 9.73. The number of amides is 1. The lowest BCUT2D eigenvalue weighted by molar-refractivity contribution is -0.384. The molecule has 0 bridgehead atoms. The second kappa shape index (κ2) is 5.14. The normalized spacial score (nSPS) is 10.0. The van der Waals surface area contributed by atoms with Crippen molar-refractivity contribution in [1.82, 2.24) is 15.4 Å². The number of carbonyl (C=O) groups is 2. The maximum Gasteiger partial charge on any atom is 0.337 e. The van der Waals surface area contributed by atoms with Crippen molar-refractivity contribution in [2.75, 3.05) is 5.32 Å². The van der Waals surface area contributed by atoms with E-state index in [0.29, 0.717) is 0 Å². The molecule has 0 aliphatic carbocycles. The fourth-order valence-corrected chi connectivity index (χ4v) is 1.43. The number of H-pyrrole nitrogens is 1. The highest BCUT2D eigenvalue weighted by atomic mass is 16.6. The Balaban J connectivity index is 2.37.